The van der Waals surface area contributed by atoms with E-state index in [-0.39, 0.29) is 11.5 Å². The summed E-state index contributed by atoms with van der Waals surface area (Å²) in [7, 11) is 0. The Hall–Kier alpha value is -3.55. The van der Waals surface area contributed by atoms with Crippen molar-refractivity contribution < 1.29 is 13.9 Å². The van der Waals surface area contributed by atoms with E-state index in [2.05, 4.69) is 17.3 Å². The first-order valence-corrected chi connectivity index (χ1v) is 10.5. The topological polar surface area (TPSA) is 90.8 Å². The number of furan rings is 1. The number of nitrogens with zero attached hydrogens (tertiary/aromatic N) is 3. The third-order valence-electron chi connectivity index (χ3n) is 5.27. The lowest BCUT2D eigenvalue weighted by Gasteiger charge is -2.18. The average Bonchev–Trinajstić information content (AvgIpc) is 3.37. The van der Waals surface area contributed by atoms with Crippen molar-refractivity contribution in [2.75, 3.05) is 6.61 Å². The first-order chi connectivity index (χ1) is 15.0. The molecule has 0 saturated carbocycles. The van der Waals surface area contributed by atoms with Gasteiger partial charge in [-0.15, -0.1) is 0 Å². The van der Waals surface area contributed by atoms with Gasteiger partial charge in [-0.3, -0.25) is 14.0 Å². The Labute approximate surface area is 179 Å². The van der Waals surface area contributed by atoms with Crippen LogP contribution in [0.3, 0.4) is 0 Å². The molecule has 1 amide bonds. The zero-order valence-electron chi connectivity index (χ0n) is 17.9. The molecule has 31 heavy (non-hydrogen) atoms. The number of hydrogen-bond donors (Lipinski definition) is 1. The fourth-order valence-corrected chi connectivity index (χ4v) is 3.71. The van der Waals surface area contributed by atoms with Crippen molar-refractivity contribution in [2.24, 2.45) is 0 Å². The molecule has 1 unspecified atom stereocenters. The normalized spacial score (nSPS) is 12.4. The van der Waals surface area contributed by atoms with Crippen molar-refractivity contribution in [3.63, 3.8) is 0 Å². The van der Waals surface area contributed by atoms with Gasteiger partial charge in [-0.25, -0.2) is 4.68 Å². The van der Waals surface area contributed by atoms with Crippen LogP contribution in [0.4, 0.5) is 0 Å². The first-order valence-electron chi connectivity index (χ1n) is 10.5. The van der Waals surface area contributed by atoms with E-state index >= 15 is 0 Å². The number of aryl methyl sites for hydroxylation is 1. The van der Waals surface area contributed by atoms with E-state index in [4.69, 9.17) is 9.15 Å². The standard InChI is InChI=1S/C23H26N4O4/c1-4-11-30-17-8-6-16(7-9-17)14-24-22(28)18(5-2)27-23(29)20-13-21-19(10-12-31-21)26(20)15(3)25-27/h6-10,12-13,18H,4-5,11,14H2,1-3H3,(H,24,28). The van der Waals surface area contributed by atoms with Gasteiger partial charge in [0.25, 0.3) is 5.56 Å². The van der Waals surface area contributed by atoms with E-state index in [9.17, 15) is 9.59 Å². The second-order valence-electron chi connectivity index (χ2n) is 7.47. The van der Waals surface area contributed by atoms with Crippen LogP contribution in [0.1, 0.15) is 44.1 Å². The maximum Gasteiger partial charge on any atom is 0.291 e. The van der Waals surface area contributed by atoms with Crippen molar-refractivity contribution >= 4 is 22.5 Å². The van der Waals surface area contributed by atoms with Gasteiger partial charge in [0.15, 0.2) is 5.58 Å². The number of hydrogen-bond acceptors (Lipinski definition) is 5. The highest BCUT2D eigenvalue weighted by atomic mass is 16.5. The summed E-state index contributed by atoms with van der Waals surface area (Å²) >= 11 is 0. The second-order valence-corrected chi connectivity index (χ2v) is 7.47. The molecule has 3 aromatic heterocycles. The minimum atomic E-state index is -0.704. The lowest BCUT2D eigenvalue weighted by atomic mass is 10.2. The van der Waals surface area contributed by atoms with E-state index in [1.807, 2.05) is 38.1 Å². The van der Waals surface area contributed by atoms with Gasteiger partial charge in [0.1, 0.15) is 23.1 Å². The Balaban J connectivity index is 1.54. The average molecular weight is 422 g/mol. The molecule has 0 aliphatic rings. The SMILES string of the molecule is CCCOc1ccc(CNC(=O)C(CC)n2nc(C)n3c(cc4occc43)c2=O)cc1. The summed E-state index contributed by atoms with van der Waals surface area (Å²) in [5.74, 6) is 1.17. The van der Waals surface area contributed by atoms with E-state index in [0.29, 0.717) is 36.5 Å². The summed E-state index contributed by atoms with van der Waals surface area (Å²) in [5, 5.41) is 7.36. The molecule has 162 valence electrons. The van der Waals surface area contributed by atoms with Gasteiger partial charge in [-0.2, -0.15) is 5.10 Å². The molecular weight excluding hydrogens is 396 g/mol. The molecule has 1 N–H and O–H groups in total. The Kier molecular flexibility index (Phi) is 5.79. The predicted molar refractivity (Wildman–Crippen MR) is 117 cm³/mol. The van der Waals surface area contributed by atoms with Crippen LogP contribution in [0.5, 0.6) is 5.75 Å². The van der Waals surface area contributed by atoms with Crippen molar-refractivity contribution in [1.29, 1.82) is 0 Å². The van der Waals surface area contributed by atoms with Gasteiger partial charge >= 0.3 is 0 Å². The molecule has 8 heteroatoms. The van der Waals surface area contributed by atoms with Crippen molar-refractivity contribution in [2.45, 2.75) is 46.2 Å². The van der Waals surface area contributed by atoms with E-state index in [0.717, 1.165) is 23.3 Å². The minimum absolute atomic E-state index is 0.248. The number of carbonyl (C=O) groups excluding carboxylic acids is 1. The number of carbonyl (C=O) groups is 1. The van der Waals surface area contributed by atoms with Gasteiger partial charge in [0, 0.05) is 18.7 Å². The summed E-state index contributed by atoms with van der Waals surface area (Å²) in [6.45, 7) is 6.76. The molecule has 0 aliphatic heterocycles. The summed E-state index contributed by atoms with van der Waals surface area (Å²) in [6.07, 6.45) is 2.96. The largest absolute Gasteiger partial charge is 0.494 e. The van der Waals surface area contributed by atoms with Crippen molar-refractivity contribution in [3.05, 3.63) is 64.4 Å². The summed E-state index contributed by atoms with van der Waals surface area (Å²) in [6, 6.07) is 10.4. The number of fused-ring (bicyclic) bond motifs is 3. The fraction of sp³-hybridized carbons (Fsp3) is 0.348. The van der Waals surface area contributed by atoms with Crippen molar-refractivity contribution in [3.8, 4) is 5.75 Å². The van der Waals surface area contributed by atoms with E-state index in [1.165, 1.54) is 4.68 Å². The molecule has 3 heterocycles. The zero-order chi connectivity index (χ0) is 22.0. The van der Waals surface area contributed by atoms with E-state index < -0.39 is 6.04 Å². The first kappa shape index (κ1) is 20.7. The highest BCUT2D eigenvalue weighted by Crippen LogP contribution is 2.21. The quantitative estimate of drug-likeness (QED) is 0.468. The monoisotopic (exact) mass is 422 g/mol. The van der Waals surface area contributed by atoms with Crippen LogP contribution in [0.25, 0.3) is 16.6 Å². The van der Waals surface area contributed by atoms with Gasteiger partial charge in [0.2, 0.25) is 5.91 Å². The van der Waals surface area contributed by atoms with Crippen LogP contribution in [0.2, 0.25) is 0 Å². The number of rotatable bonds is 8. The summed E-state index contributed by atoms with van der Waals surface area (Å²) < 4.78 is 14.0. The Morgan fingerprint density at radius 2 is 1.97 bits per heavy atom. The van der Waals surface area contributed by atoms with Crippen LogP contribution in [0.15, 0.2) is 51.9 Å². The van der Waals surface area contributed by atoms with Gasteiger partial charge in [-0.05, 0) is 37.5 Å². The summed E-state index contributed by atoms with van der Waals surface area (Å²) in [4.78, 5) is 26.0. The highest BCUT2D eigenvalue weighted by Gasteiger charge is 2.23. The number of benzene rings is 1. The molecule has 0 bridgehead atoms. The molecule has 1 atom stereocenters. The molecule has 0 saturated heterocycles. The van der Waals surface area contributed by atoms with Crippen LogP contribution in [-0.2, 0) is 11.3 Å². The molecular formula is C23H26N4O4. The van der Waals surface area contributed by atoms with Gasteiger partial charge in [0.05, 0.1) is 18.4 Å². The van der Waals surface area contributed by atoms with Crippen LogP contribution < -0.4 is 15.6 Å². The maximum absolute atomic E-state index is 13.1. The third kappa shape index (κ3) is 3.93. The molecule has 4 aromatic rings. The minimum Gasteiger partial charge on any atom is -0.494 e. The molecule has 0 aliphatic carbocycles. The smallest absolute Gasteiger partial charge is 0.291 e. The van der Waals surface area contributed by atoms with E-state index in [1.54, 1.807) is 22.8 Å². The van der Waals surface area contributed by atoms with Gasteiger partial charge < -0.3 is 14.5 Å². The van der Waals surface area contributed by atoms with Crippen LogP contribution in [0, 0.1) is 6.92 Å². The number of nitrogens with one attached hydrogen (secondary N) is 1. The zero-order valence-corrected chi connectivity index (χ0v) is 17.9. The molecule has 1 aromatic carbocycles. The van der Waals surface area contributed by atoms with Crippen LogP contribution >= 0.6 is 0 Å². The lowest BCUT2D eigenvalue weighted by Crippen LogP contribution is -2.39. The lowest BCUT2D eigenvalue weighted by molar-refractivity contribution is -0.125. The number of aromatic nitrogens is 3. The van der Waals surface area contributed by atoms with Crippen molar-refractivity contribution in [1.82, 2.24) is 19.5 Å². The molecule has 0 radical (unpaired) electrons. The number of ether oxygens (including phenoxy) is 1. The maximum atomic E-state index is 13.1. The Morgan fingerprint density at radius 3 is 2.68 bits per heavy atom. The highest BCUT2D eigenvalue weighted by molar-refractivity contribution is 5.83. The fourth-order valence-electron chi connectivity index (χ4n) is 3.71. The second kappa shape index (κ2) is 8.67. The predicted octanol–water partition coefficient (Wildman–Crippen LogP) is 3.61. The Morgan fingerprint density at radius 1 is 1.19 bits per heavy atom. The molecule has 4 rings (SSSR count). The van der Waals surface area contributed by atoms with Gasteiger partial charge in [-0.1, -0.05) is 26.0 Å². The molecule has 8 nitrogen and oxygen atoms in total. The molecule has 0 spiro atoms. The third-order valence-corrected chi connectivity index (χ3v) is 5.27. The van der Waals surface area contributed by atoms with Crippen LogP contribution in [-0.4, -0.2) is 26.7 Å². The molecule has 0 fully saturated rings. The summed E-state index contributed by atoms with van der Waals surface area (Å²) in [5.41, 5.74) is 2.47. The Bertz CT molecular complexity index is 1270. The number of amides is 1.